The van der Waals surface area contributed by atoms with E-state index in [9.17, 15) is 0 Å². The summed E-state index contributed by atoms with van der Waals surface area (Å²) in [5, 5.41) is 3.44. The lowest BCUT2D eigenvalue weighted by Crippen LogP contribution is -2.28. The molecule has 0 saturated heterocycles. The third-order valence-electron chi connectivity index (χ3n) is 3.40. The highest BCUT2D eigenvalue weighted by atomic mass is 16.5. The van der Waals surface area contributed by atoms with E-state index in [2.05, 4.69) is 30.1 Å². The molecular weight excluding hydrogens is 240 g/mol. The van der Waals surface area contributed by atoms with Crippen LogP contribution in [0.1, 0.15) is 20.3 Å². The van der Waals surface area contributed by atoms with E-state index in [0.29, 0.717) is 0 Å². The Morgan fingerprint density at radius 2 is 1.84 bits per heavy atom. The second-order valence-electron chi connectivity index (χ2n) is 4.67. The van der Waals surface area contributed by atoms with E-state index in [4.69, 9.17) is 9.47 Å². The first-order chi connectivity index (χ1) is 9.33. The monoisotopic (exact) mass is 264 g/mol. The number of anilines is 1. The molecular formula is C15H24N2O2. The molecule has 2 rings (SSSR count). The van der Waals surface area contributed by atoms with Crippen LogP contribution >= 0.6 is 0 Å². The van der Waals surface area contributed by atoms with Crippen LogP contribution in [0.5, 0.6) is 11.5 Å². The fourth-order valence-electron chi connectivity index (χ4n) is 2.17. The number of hydrogen-bond donors (Lipinski definition) is 1. The average molecular weight is 264 g/mol. The second kappa shape index (κ2) is 7.24. The Labute approximate surface area is 115 Å². The van der Waals surface area contributed by atoms with Gasteiger partial charge in [0.15, 0.2) is 11.5 Å². The van der Waals surface area contributed by atoms with Gasteiger partial charge in [0.05, 0.1) is 13.2 Å². The van der Waals surface area contributed by atoms with Crippen LogP contribution in [0.2, 0.25) is 0 Å². The van der Waals surface area contributed by atoms with Gasteiger partial charge in [-0.25, -0.2) is 0 Å². The molecule has 0 saturated carbocycles. The first kappa shape index (κ1) is 14.0. The van der Waals surface area contributed by atoms with E-state index >= 15 is 0 Å². The van der Waals surface area contributed by atoms with E-state index in [0.717, 1.165) is 63.0 Å². The van der Waals surface area contributed by atoms with Gasteiger partial charge in [0.2, 0.25) is 0 Å². The van der Waals surface area contributed by atoms with E-state index < -0.39 is 0 Å². The Morgan fingerprint density at radius 3 is 2.58 bits per heavy atom. The van der Waals surface area contributed by atoms with Gasteiger partial charge in [-0.05, 0) is 25.2 Å². The molecule has 1 N–H and O–H groups in total. The Balaban J connectivity index is 1.89. The van der Waals surface area contributed by atoms with Gasteiger partial charge in [-0.1, -0.05) is 13.8 Å². The molecule has 19 heavy (non-hydrogen) atoms. The third-order valence-corrected chi connectivity index (χ3v) is 3.40. The number of nitrogens with zero attached hydrogens (tertiary/aromatic N) is 1. The fraction of sp³-hybridized carbons (Fsp3) is 0.600. The summed E-state index contributed by atoms with van der Waals surface area (Å²) < 4.78 is 11.3. The van der Waals surface area contributed by atoms with Gasteiger partial charge in [0.25, 0.3) is 0 Å². The molecule has 1 aromatic carbocycles. The minimum atomic E-state index is 0.732. The SMILES string of the molecule is CCN(CC)CCNc1ccc2c(c1)OCCCO2. The van der Waals surface area contributed by atoms with Crippen molar-refractivity contribution in [3.8, 4) is 11.5 Å². The molecule has 106 valence electrons. The molecule has 0 unspecified atom stereocenters. The van der Waals surface area contributed by atoms with Gasteiger partial charge in [-0.15, -0.1) is 0 Å². The van der Waals surface area contributed by atoms with Crippen LogP contribution in [0.25, 0.3) is 0 Å². The van der Waals surface area contributed by atoms with Gasteiger partial charge in [0.1, 0.15) is 0 Å². The number of hydrogen-bond acceptors (Lipinski definition) is 4. The van der Waals surface area contributed by atoms with Crippen LogP contribution in [0.15, 0.2) is 18.2 Å². The van der Waals surface area contributed by atoms with Gasteiger partial charge in [-0.2, -0.15) is 0 Å². The predicted octanol–water partition coefficient (Wildman–Crippen LogP) is 2.60. The van der Waals surface area contributed by atoms with E-state index in [1.165, 1.54) is 0 Å². The van der Waals surface area contributed by atoms with Crippen molar-refractivity contribution >= 4 is 5.69 Å². The van der Waals surface area contributed by atoms with Crippen LogP contribution < -0.4 is 14.8 Å². The summed E-state index contributed by atoms with van der Waals surface area (Å²) in [6, 6.07) is 6.07. The Bertz CT molecular complexity index is 392. The fourth-order valence-corrected chi connectivity index (χ4v) is 2.17. The summed E-state index contributed by atoms with van der Waals surface area (Å²) in [5.74, 6) is 1.71. The van der Waals surface area contributed by atoms with Crippen molar-refractivity contribution in [2.75, 3.05) is 44.7 Å². The molecule has 0 radical (unpaired) electrons. The molecule has 1 aliphatic heterocycles. The summed E-state index contributed by atoms with van der Waals surface area (Å²) in [6.45, 7) is 10.0. The van der Waals surface area contributed by atoms with Gasteiger partial charge >= 0.3 is 0 Å². The number of benzene rings is 1. The zero-order valence-corrected chi connectivity index (χ0v) is 11.9. The van der Waals surface area contributed by atoms with Crippen molar-refractivity contribution in [1.29, 1.82) is 0 Å². The predicted molar refractivity (Wildman–Crippen MR) is 78.3 cm³/mol. The van der Waals surface area contributed by atoms with E-state index in [1.54, 1.807) is 0 Å². The summed E-state index contributed by atoms with van der Waals surface area (Å²) in [4.78, 5) is 2.40. The number of likely N-dealkylation sites (N-methyl/N-ethyl adjacent to an activating group) is 1. The van der Waals surface area contributed by atoms with Crippen LogP contribution in [0, 0.1) is 0 Å². The van der Waals surface area contributed by atoms with Crippen molar-refractivity contribution in [3.63, 3.8) is 0 Å². The highest BCUT2D eigenvalue weighted by Gasteiger charge is 2.10. The molecule has 0 atom stereocenters. The maximum absolute atomic E-state index is 5.68. The van der Waals surface area contributed by atoms with Gasteiger partial charge in [0, 0.05) is 31.3 Å². The molecule has 0 amide bonds. The van der Waals surface area contributed by atoms with Crippen LogP contribution in [0.3, 0.4) is 0 Å². The highest BCUT2D eigenvalue weighted by Crippen LogP contribution is 2.32. The standard InChI is InChI=1S/C15H24N2O2/c1-3-17(4-2)9-8-16-13-6-7-14-15(12-13)19-11-5-10-18-14/h6-7,12,16H,3-5,8-11H2,1-2H3. The molecule has 0 aliphatic carbocycles. The first-order valence-corrected chi connectivity index (χ1v) is 7.19. The molecule has 1 heterocycles. The molecule has 4 heteroatoms. The number of fused-ring (bicyclic) bond motifs is 1. The lowest BCUT2D eigenvalue weighted by molar-refractivity contribution is 0.297. The van der Waals surface area contributed by atoms with E-state index in [-0.39, 0.29) is 0 Å². The maximum Gasteiger partial charge on any atom is 0.163 e. The summed E-state index contributed by atoms with van der Waals surface area (Å²) in [7, 11) is 0. The van der Waals surface area contributed by atoms with Crippen molar-refractivity contribution in [2.24, 2.45) is 0 Å². The smallest absolute Gasteiger partial charge is 0.163 e. The van der Waals surface area contributed by atoms with Gasteiger partial charge < -0.3 is 19.7 Å². The zero-order valence-electron chi connectivity index (χ0n) is 11.9. The Morgan fingerprint density at radius 1 is 1.11 bits per heavy atom. The molecule has 0 aromatic heterocycles. The lowest BCUT2D eigenvalue weighted by Gasteiger charge is -2.18. The first-order valence-electron chi connectivity index (χ1n) is 7.19. The van der Waals surface area contributed by atoms with Crippen LogP contribution in [-0.4, -0.2) is 44.3 Å². The van der Waals surface area contributed by atoms with E-state index in [1.807, 2.05) is 12.1 Å². The number of rotatable bonds is 6. The molecule has 1 aliphatic rings. The maximum atomic E-state index is 5.68. The molecule has 0 bridgehead atoms. The summed E-state index contributed by atoms with van der Waals surface area (Å²) >= 11 is 0. The van der Waals surface area contributed by atoms with Crippen LogP contribution in [0.4, 0.5) is 5.69 Å². The second-order valence-corrected chi connectivity index (χ2v) is 4.67. The number of nitrogens with one attached hydrogen (secondary N) is 1. The zero-order chi connectivity index (χ0) is 13.5. The third kappa shape index (κ3) is 4.03. The normalized spacial score (nSPS) is 14.3. The van der Waals surface area contributed by atoms with Crippen LogP contribution in [-0.2, 0) is 0 Å². The quantitative estimate of drug-likeness (QED) is 0.856. The Hall–Kier alpha value is -1.42. The summed E-state index contributed by atoms with van der Waals surface area (Å²) in [5.41, 5.74) is 1.09. The Kier molecular flexibility index (Phi) is 5.33. The minimum absolute atomic E-state index is 0.732. The highest BCUT2D eigenvalue weighted by molar-refractivity contribution is 5.54. The summed E-state index contributed by atoms with van der Waals surface area (Å²) in [6.07, 6.45) is 0.944. The topological polar surface area (TPSA) is 33.7 Å². The van der Waals surface area contributed by atoms with Crippen molar-refractivity contribution < 1.29 is 9.47 Å². The van der Waals surface area contributed by atoms with Crippen molar-refractivity contribution in [3.05, 3.63) is 18.2 Å². The van der Waals surface area contributed by atoms with Crippen molar-refractivity contribution in [1.82, 2.24) is 4.90 Å². The largest absolute Gasteiger partial charge is 0.490 e. The minimum Gasteiger partial charge on any atom is -0.490 e. The molecule has 0 fully saturated rings. The molecule has 0 spiro atoms. The average Bonchev–Trinajstić information content (AvgIpc) is 2.68. The number of ether oxygens (including phenoxy) is 2. The van der Waals surface area contributed by atoms with Crippen molar-refractivity contribution in [2.45, 2.75) is 20.3 Å². The lowest BCUT2D eigenvalue weighted by atomic mass is 10.2. The molecule has 1 aromatic rings. The van der Waals surface area contributed by atoms with Gasteiger partial charge in [-0.3, -0.25) is 0 Å². The molecule has 4 nitrogen and oxygen atoms in total.